The van der Waals surface area contributed by atoms with Crippen LogP contribution < -0.4 is 5.32 Å². The molecule has 1 N–H and O–H groups in total. The molecule has 0 aromatic carbocycles. The summed E-state index contributed by atoms with van der Waals surface area (Å²) in [5.74, 6) is 0.0931. The molecular formula is C11H10N2O2. The fraction of sp³-hybridized carbons (Fsp3) is 0.0909. The summed E-state index contributed by atoms with van der Waals surface area (Å²) < 4.78 is 5.07. The third kappa shape index (κ3) is 2.04. The van der Waals surface area contributed by atoms with E-state index < -0.39 is 0 Å². The lowest BCUT2D eigenvalue weighted by Gasteiger charge is -2.02. The highest BCUT2D eigenvalue weighted by atomic mass is 16.3. The number of aromatic nitrogens is 1. The average molecular weight is 202 g/mol. The van der Waals surface area contributed by atoms with Crippen molar-refractivity contribution in [2.24, 2.45) is 0 Å². The predicted molar refractivity (Wildman–Crippen MR) is 55.6 cm³/mol. The van der Waals surface area contributed by atoms with Gasteiger partial charge in [-0.25, -0.2) is 0 Å². The van der Waals surface area contributed by atoms with Crippen molar-refractivity contribution in [3.05, 3.63) is 48.2 Å². The van der Waals surface area contributed by atoms with Gasteiger partial charge in [-0.2, -0.15) is 0 Å². The van der Waals surface area contributed by atoms with Crippen molar-refractivity contribution in [3.8, 4) is 0 Å². The summed E-state index contributed by atoms with van der Waals surface area (Å²) in [5, 5.41) is 2.71. The van der Waals surface area contributed by atoms with E-state index in [1.54, 1.807) is 30.6 Å². The lowest BCUT2D eigenvalue weighted by atomic mass is 10.2. The number of aryl methyl sites for hydroxylation is 1. The molecule has 0 unspecified atom stereocenters. The van der Waals surface area contributed by atoms with E-state index in [0.29, 0.717) is 11.4 Å². The minimum Gasteiger partial charge on any atom is -0.459 e. The van der Waals surface area contributed by atoms with Crippen LogP contribution in [0.3, 0.4) is 0 Å². The van der Waals surface area contributed by atoms with Gasteiger partial charge in [0, 0.05) is 23.6 Å². The Bertz CT molecular complexity index is 462. The van der Waals surface area contributed by atoms with Crippen LogP contribution in [0.5, 0.6) is 0 Å². The van der Waals surface area contributed by atoms with Crippen molar-refractivity contribution >= 4 is 11.6 Å². The Labute approximate surface area is 86.9 Å². The van der Waals surface area contributed by atoms with E-state index in [2.05, 4.69) is 10.3 Å². The van der Waals surface area contributed by atoms with Crippen LogP contribution in [0.25, 0.3) is 0 Å². The number of hydrogen-bond acceptors (Lipinski definition) is 3. The van der Waals surface area contributed by atoms with Crippen molar-refractivity contribution in [2.75, 3.05) is 5.32 Å². The van der Waals surface area contributed by atoms with Crippen LogP contribution in [0, 0.1) is 6.92 Å². The number of anilines is 1. The summed E-state index contributed by atoms with van der Waals surface area (Å²) in [6.07, 6.45) is 4.73. The minimum absolute atomic E-state index is 0.247. The molecule has 0 bridgehead atoms. The molecule has 4 nitrogen and oxygen atoms in total. The van der Waals surface area contributed by atoms with E-state index in [-0.39, 0.29) is 5.91 Å². The molecule has 0 fully saturated rings. The first-order valence-electron chi connectivity index (χ1n) is 4.53. The van der Waals surface area contributed by atoms with Gasteiger partial charge in [0.1, 0.15) is 0 Å². The monoisotopic (exact) mass is 202 g/mol. The van der Waals surface area contributed by atoms with Crippen LogP contribution >= 0.6 is 0 Å². The molecule has 4 heteroatoms. The van der Waals surface area contributed by atoms with E-state index in [1.165, 1.54) is 6.26 Å². The Morgan fingerprint density at radius 1 is 1.33 bits per heavy atom. The molecule has 0 aliphatic carbocycles. The standard InChI is InChI=1S/C11H10N2O2/c1-8-4-7-15-10(8)11(14)13-9-2-5-12-6-3-9/h2-7H,1H3,(H,12,13,14). The fourth-order valence-corrected chi connectivity index (χ4v) is 1.23. The van der Waals surface area contributed by atoms with Gasteiger partial charge in [0.05, 0.1) is 6.26 Å². The Hall–Kier alpha value is -2.10. The van der Waals surface area contributed by atoms with Crippen molar-refractivity contribution in [1.29, 1.82) is 0 Å². The van der Waals surface area contributed by atoms with Crippen molar-refractivity contribution in [3.63, 3.8) is 0 Å². The van der Waals surface area contributed by atoms with Gasteiger partial charge < -0.3 is 9.73 Å². The molecule has 15 heavy (non-hydrogen) atoms. The van der Waals surface area contributed by atoms with E-state index in [0.717, 1.165) is 5.56 Å². The molecule has 0 radical (unpaired) electrons. The first-order chi connectivity index (χ1) is 7.27. The Morgan fingerprint density at radius 3 is 2.67 bits per heavy atom. The number of furan rings is 1. The molecule has 2 aromatic heterocycles. The Balaban J connectivity index is 2.15. The summed E-state index contributed by atoms with van der Waals surface area (Å²) in [6, 6.07) is 5.19. The van der Waals surface area contributed by atoms with E-state index in [9.17, 15) is 4.79 Å². The molecule has 0 spiro atoms. The molecule has 0 atom stereocenters. The molecule has 1 amide bonds. The quantitative estimate of drug-likeness (QED) is 0.812. The Kier molecular flexibility index (Phi) is 2.49. The second kappa shape index (κ2) is 3.96. The van der Waals surface area contributed by atoms with Crippen molar-refractivity contribution in [2.45, 2.75) is 6.92 Å². The molecule has 2 heterocycles. The van der Waals surface area contributed by atoms with Gasteiger partial charge in [-0.1, -0.05) is 0 Å². The fourth-order valence-electron chi connectivity index (χ4n) is 1.23. The van der Waals surface area contributed by atoms with Gasteiger partial charge in [0.15, 0.2) is 5.76 Å². The van der Waals surface area contributed by atoms with Crippen molar-refractivity contribution < 1.29 is 9.21 Å². The smallest absolute Gasteiger partial charge is 0.291 e. The summed E-state index contributed by atoms with van der Waals surface area (Å²) in [4.78, 5) is 15.5. The van der Waals surface area contributed by atoms with Crippen LogP contribution in [0.2, 0.25) is 0 Å². The largest absolute Gasteiger partial charge is 0.459 e. The molecule has 0 aliphatic rings. The maximum atomic E-state index is 11.7. The highest BCUT2D eigenvalue weighted by molar-refractivity contribution is 6.03. The second-order valence-corrected chi connectivity index (χ2v) is 3.12. The number of carbonyl (C=O) groups is 1. The number of pyridine rings is 1. The zero-order valence-electron chi connectivity index (χ0n) is 8.23. The summed E-state index contributed by atoms with van der Waals surface area (Å²) in [6.45, 7) is 1.82. The van der Waals surface area contributed by atoms with E-state index in [4.69, 9.17) is 4.42 Å². The minimum atomic E-state index is -0.247. The van der Waals surface area contributed by atoms with Crippen LogP contribution in [-0.2, 0) is 0 Å². The normalized spacial score (nSPS) is 9.93. The number of carbonyl (C=O) groups excluding carboxylic acids is 1. The molecule has 2 rings (SSSR count). The number of nitrogens with one attached hydrogen (secondary N) is 1. The van der Waals surface area contributed by atoms with E-state index in [1.807, 2.05) is 6.92 Å². The second-order valence-electron chi connectivity index (χ2n) is 3.12. The maximum absolute atomic E-state index is 11.7. The summed E-state index contributed by atoms with van der Waals surface area (Å²) >= 11 is 0. The lowest BCUT2D eigenvalue weighted by molar-refractivity contribution is 0.0996. The zero-order chi connectivity index (χ0) is 10.7. The SMILES string of the molecule is Cc1ccoc1C(=O)Nc1ccncc1. The van der Waals surface area contributed by atoms with Gasteiger partial charge in [-0.3, -0.25) is 9.78 Å². The highest BCUT2D eigenvalue weighted by Gasteiger charge is 2.12. The number of hydrogen-bond donors (Lipinski definition) is 1. The third-order valence-electron chi connectivity index (χ3n) is 2.01. The van der Waals surface area contributed by atoms with Crippen LogP contribution in [0.1, 0.15) is 16.1 Å². The van der Waals surface area contributed by atoms with Gasteiger partial charge in [-0.05, 0) is 25.1 Å². The van der Waals surface area contributed by atoms with Gasteiger partial charge >= 0.3 is 0 Å². The molecule has 0 saturated heterocycles. The summed E-state index contributed by atoms with van der Waals surface area (Å²) in [7, 11) is 0. The van der Waals surface area contributed by atoms with E-state index >= 15 is 0 Å². The maximum Gasteiger partial charge on any atom is 0.291 e. The molecule has 2 aromatic rings. The van der Waals surface area contributed by atoms with Crippen LogP contribution in [-0.4, -0.2) is 10.9 Å². The molecule has 0 saturated carbocycles. The Morgan fingerprint density at radius 2 is 2.07 bits per heavy atom. The number of amides is 1. The van der Waals surface area contributed by atoms with Gasteiger partial charge in [-0.15, -0.1) is 0 Å². The van der Waals surface area contributed by atoms with Crippen molar-refractivity contribution in [1.82, 2.24) is 4.98 Å². The summed E-state index contributed by atoms with van der Waals surface area (Å²) in [5.41, 5.74) is 1.52. The van der Waals surface area contributed by atoms with Crippen LogP contribution in [0.15, 0.2) is 41.3 Å². The topological polar surface area (TPSA) is 55.1 Å². The number of rotatable bonds is 2. The first-order valence-corrected chi connectivity index (χ1v) is 4.53. The van der Waals surface area contributed by atoms with Crippen LogP contribution in [0.4, 0.5) is 5.69 Å². The third-order valence-corrected chi connectivity index (χ3v) is 2.01. The molecular weight excluding hydrogens is 192 g/mol. The van der Waals surface area contributed by atoms with Gasteiger partial charge in [0.25, 0.3) is 5.91 Å². The highest BCUT2D eigenvalue weighted by Crippen LogP contribution is 2.12. The molecule has 76 valence electrons. The lowest BCUT2D eigenvalue weighted by Crippen LogP contribution is -2.11. The number of nitrogens with zero attached hydrogens (tertiary/aromatic N) is 1. The zero-order valence-corrected chi connectivity index (χ0v) is 8.23. The first kappa shape index (κ1) is 9.45. The predicted octanol–water partition coefficient (Wildman–Crippen LogP) is 2.24. The van der Waals surface area contributed by atoms with Gasteiger partial charge in [0.2, 0.25) is 0 Å². The average Bonchev–Trinajstić information content (AvgIpc) is 2.66. The molecule has 0 aliphatic heterocycles.